The Labute approximate surface area is 65.8 Å². The maximum absolute atomic E-state index is 5.89. The fourth-order valence-corrected chi connectivity index (χ4v) is 1.55. The number of benzene rings is 1. The fraction of sp³-hybridized carbons (Fsp3) is 0.333. The minimum atomic E-state index is 0.405. The molecule has 0 spiro atoms. The Morgan fingerprint density at radius 3 is 2.30 bits per heavy atom. The van der Waals surface area contributed by atoms with Crippen molar-refractivity contribution in [1.82, 2.24) is 0 Å². The molecular weight excluding hydrogens is 144 g/mol. The summed E-state index contributed by atoms with van der Waals surface area (Å²) in [6, 6.07) is 10.5. The van der Waals surface area contributed by atoms with Crippen molar-refractivity contribution in [1.29, 1.82) is 0 Å². The van der Waals surface area contributed by atoms with Crippen LogP contribution in [0, 0.1) is 0 Å². The van der Waals surface area contributed by atoms with E-state index >= 15 is 0 Å². The number of hydrogen-bond acceptors (Lipinski definition) is 0. The summed E-state index contributed by atoms with van der Waals surface area (Å²) in [7, 11) is 0. The van der Waals surface area contributed by atoms with Gasteiger partial charge in [0, 0.05) is 11.3 Å². The van der Waals surface area contributed by atoms with Crippen LogP contribution in [0.15, 0.2) is 30.3 Å². The molecule has 0 radical (unpaired) electrons. The second kappa shape index (κ2) is 2.28. The van der Waals surface area contributed by atoms with Gasteiger partial charge < -0.3 is 0 Å². The highest BCUT2D eigenvalue weighted by atomic mass is 35.5. The van der Waals surface area contributed by atoms with E-state index in [1.54, 1.807) is 0 Å². The lowest BCUT2D eigenvalue weighted by Crippen LogP contribution is -1.78. The van der Waals surface area contributed by atoms with Crippen LogP contribution in [0.2, 0.25) is 0 Å². The molecule has 1 heteroatoms. The summed E-state index contributed by atoms with van der Waals surface area (Å²) < 4.78 is 0. The second-order valence-corrected chi connectivity index (χ2v) is 3.33. The normalized spacial score (nSPS) is 30.1. The molecule has 2 unspecified atom stereocenters. The second-order valence-electron chi connectivity index (χ2n) is 2.77. The van der Waals surface area contributed by atoms with Crippen molar-refractivity contribution in [3.05, 3.63) is 35.9 Å². The molecule has 1 aromatic carbocycles. The Kier molecular flexibility index (Phi) is 1.42. The van der Waals surface area contributed by atoms with E-state index in [2.05, 4.69) is 24.3 Å². The minimum absolute atomic E-state index is 0.405. The third-order valence-corrected chi connectivity index (χ3v) is 2.42. The molecule has 0 saturated heterocycles. The largest absolute Gasteiger partial charge is 0.122 e. The van der Waals surface area contributed by atoms with Crippen molar-refractivity contribution in [2.45, 2.75) is 17.7 Å². The smallest absolute Gasteiger partial charge is 0.0411 e. The molecule has 10 heavy (non-hydrogen) atoms. The van der Waals surface area contributed by atoms with Gasteiger partial charge in [-0.05, 0) is 12.0 Å². The first-order valence-electron chi connectivity index (χ1n) is 3.57. The van der Waals surface area contributed by atoms with E-state index in [9.17, 15) is 0 Å². The van der Waals surface area contributed by atoms with Crippen LogP contribution in [0.25, 0.3) is 0 Å². The summed E-state index contributed by atoms with van der Waals surface area (Å²) in [4.78, 5) is 0. The maximum Gasteiger partial charge on any atom is 0.0411 e. The summed E-state index contributed by atoms with van der Waals surface area (Å²) in [5.74, 6) is 0.642. The zero-order valence-corrected chi connectivity index (χ0v) is 6.38. The van der Waals surface area contributed by atoms with E-state index in [-0.39, 0.29) is 0 Å². The lowest BCUT2D eigenvalue weighted by atomic mass is 10.1. The number of halogens is 1. The highest BCUT2D eigenvalue weighted by molar-refractivity contribution is 6.23. The zero-order valence-electron chi connectivity index (χ0n) is 5.63. The molecule has 0 nitrogen and oxygen atoms in total. The van der Waals surface area contributed by atoms with Gasteiger partial charge >= 0.3 is 0 Å². The molecular formula is C9H9Cl. The third kappa shape index (κ3) is 1.04. The van der Waals surface area contributed by atoms with Crippen molar-refractivity contribution < 1.29 is 0 Å². The van der Waals surface area contributed by atoms with Gasteiger partial charge in [-0.3, -0.25) is 0 Å². The van der Waals surface area contributed by atoms with Crippen LogP contribution in [0.1, 0.15) is 17.9 Å². The molecule has 0 aliphatic heterocycles. The van der Waals surface area contributed by atoms with E-state index in [0.29, 0.717) is 11.3 Å². The van der Waals surface area contributed by atoms with Gasteiger partial charge in [-0.25, -0.2) is 0 Å². The standard InChI is InChI=1S/C9H9Cl/c10-9-6-8(9)7-4-2-1-3-5-7/h1-5,8-9H,6H2. The molecule has 1 fully saturated rings. The van der Waals surface area contributed by atoms with Crippen LogP contribution in [-0.2, 0) is 0 Å². The summed E-state index contributed by atoms with van der Waals surface area (Å²) in [6.45, 7) is 0. The SMILES string of the molecule is ClC1CC1c1ccccc1. The molecule has 1 saturated carbocycles. The van der Waals surface area contributed by atoms with E-state index in [1.165, 1.54) is 5.56 Å². The zero-order chi connectivity index (χ0) is 6.97. The first-order chi connectivity index (χ1) is 4.88. The van der Waals surface area contributed by atoms with Crippen LogP contribution in [0.3, 0.4) is 0 Å². The Bertz CT molecular complexity index is 217. The average Bonchev–Trinajstić information content (AvgIpc) is 2.69. The Morgan fingerprint density at radius 2 is 1.80 bits per heavy atom. The van der Waals surface area contributed by atoms with Crippen molar-refractivity contribution >= 4 is 11.6 Å². The third-order valence-electron chi connectivity index (χ3n) is 1.94. The van der Waals surface area contributed by atoms with Gasteiger partial charge in [-0.2, -0.15) is 0 Å². The predicted octanol–water partition coefficient (Wildman–Crippen LogP) is 2.78. The van der Waals surface area contributed by atoms with Gasteiger partial charge in [0.15, 0.2) is 0 Å². The lowest BCUT2D eigenvalue weighted by molar-refractivity contribution is 1.13. The highest BCUT2D eigenvalue weighted by Gasteiger charge is 2.35. The Hall–Kier alpha value is -0.490. The van der Waals surface area contributed by atoms with Crippen molar-refractivity contribution in [2.75, 3.05) is 0 Å². The summed E-state index contributed by atoms with van der Waals surface area (Å²) in [5.41, 5.74) is 1.39. The van der Waals surface area contributed by atoms with Gasteiger partial charge in [0.2, 0.25) is 0 Å². The van der Waals surface area contributed by atoms with Crippen molar-refractivity contribution in [2.24, 2.45) is 0 Å². The van der Waals surface area contributed by atoms with Crippen LogP contribution >= 0.6 is 11.6 Å². The fourth-order valence-electron chi connectivity index (χ4n) is 1.21. The van der Waals surface area contributed by atoms with Crippen LogP contribution in [0.5, 0.6) is 0 Å². The van der Waals surface area contributed by atoms with Gasteiger partial charge in [0.1, 0.15) is 0 Å². The van der Waals surface area contributed by atoms with Crippen LogP contribution in [0.4, 0.5) is 0 Å². The van der Waals surface area contributed by atoms with Crippen LogP contribution < -0.4 is 0 Å². The molecule has 2 atom stereocenters. The molecule has 52 valence electrons. The van der Waals surface area contributed by atoms with Crippen molar-refractivity contribution in [3.8, 4) is 0 Å². The predicted molar refractivity (Wildman–Crippen MR) is 43.4 cm³/mol. The first-order valence-corrected chi connectivity index (χ1v) is 4.00. The number of hydrogen-bond donors (Lipinski definition) is 0. The van der Waals surface area contributed by atoms with E-state index in [0.717, 1.165) is 6.42 Å². The number of alkyl halides is 1. The molecule has 0 N–H and O–H groups in total. The molecule has 2 rings (SSSR count). The van der Waals surface area contributed by atoms with Crippen molar-refractivity contribution in [3.63, 3.8) is 0 Å². The Balaban J connectivity index is 2.20. The highest BCUT2D eigenvalue weighted by Crippen LogP contribution is 2.44. The molecule has 1 aliphatic rings. The molecule has 0 aromatic heterocycles. The number of rotatable bonds is 1. The van der Waals surface area contributed by atoms with E-state index < -0.39 is 0 Å². The summed E-state index contributed by atoms with van der Waals surface area (Å²) in [5, 5.41) is 0.405. The van der Waals surface area contributed by atoms with Gasteiger partial charge in [-0.1, -0.05) is 30.3 Å². The van der Waals surface area contributed by atoms with Gasteiger partial charge in [-0.15, -0.1) is 11.6 Å². The lowest BCUT2D eigenvalue weighted by Gasteiger charge is -1.93. The monoisotopic (exact) mass is 152 g/mol. The van der Waals surface area contributed by atoms with Gasteiger partial charge in [0.05, 0.1) is 0 Å². The van der Waals surface area contributed by atoms with Crippen LogP contribution in [-0.4, -0.2) is 5.38 Å². The average molecular weight is 153 g/mol. The quantitative estimate of drug-likeness (QED) is 0.543. The molecule has 1 aliphatic carbocycles. The molecule has 0 bridgehead atoms. The maximum atomic E-state index is 5.89. The summed E-state index contributed by atoms with van der Waals surface area (Å²) >= 11 is 5.89. The molecule has 0 heterocycles. The molecule has 1 aromatic rings. The summed E-state index contributed by atoms with van der Waals surface area (Å²) in [6.07, 6.45) is 1.16. The molecule has 0 amide bonds. The first kappa shape index (κ1) is 6.23. The van der Waals surface area contributed by atoms with Gasteiger partial charge in [0.25, 0.3) is 0 Å². The topological polar surface area (TPSA) is 0 Å². The minimum Gasteiger partial charge on any atom is -0.122 e. The Morgan fingerprint density at radius 1 is 1.20 bits per heavy atom. The van der Waals surface area contributed by atoms with E-state index in [1.807, 2.05) is 6.07 Å². The van der Waals surface area contributed by atoms with E-state index in [4.69, 9.17) is 11.6 Å².